The summed E-state index contributed by atoms with van der Waals surface area (Å²) in [6, 6.07) is 5.87. The van der Waals surface area contributed by atoms with Crippen LogP contribution in [0.15, 0.2) is 18.2 Å². The van der Waals surface area contributed by atoms with Gasteiger partial charge in [0, 0.05) is 13.6 Å². The average Bonchev–Trinajstić information content (AvgIpc) is 2.34. The summed E-state index contributed by atoms with van der Waals surface area (Å²) in [6.45, 7) is 7.59. The molecule has 1 aromatic rings. The number of hydrogen-bond donors (Lipinski definition) is 2. The molecular weight excluding hydrogens is 256 g/mol. The molecule has 20 heavy (non-hydrogen) atoms. The Balaban J connectivity index is 2.99. The lowest BCUT2D eigenvalue weighted by Gasteiger charge is -2.22. The zero-order valence-corrected chi connectivity index (χ0v) is 12.6. The summed E-state index contributed by atoms with van der Waals surface area (Å²) in [5.41, 5.74) is 1.91. The fraction of sp³-hybridized carbons (Fsp3) is 0.533. The second-order valence-corrected chi connectivity index (χ2v) is 5.00. The molecule has 0 aliphatic heterocycles. The number of nitrogens with one attached hydrogen (secondary N) is 1. The van der Waals surface area contributed by atoms with Crippen LogP contribution >= 0.6 is 0 Å². The molecule has 1 rings (SSSR count). The first kappa shape index (κ1) is 16.3. The van der Waals surface area contributed by atoms with Crippen LogP contribution in [0.4, 0.5) is 5.69 Å². The second-order valence-electron chi connectivity index (χ2n) is 5.00. The zero-order valence-electron chi connectivity index (χ0n) is 12.6. The molecule has 0 aliphatic rings. The molecular formula is C15H24N2O3. The number of benzene rings is 1. The number of carboxylic acid groups (broad SMARTS) is 1. The van der Waals surface area contributed by atoms with Crippen LogP contribution in [0.3, 0.4) is 0 Å². The van der Waals surface area contributed by atoms with E-state index in [1.807, 2.05) is 32.0 Å². The summed E-state index contributed by atoms with van der Waals surface area (Å²) in [5, 5.41) is 12.2. The molecule has 0 spiro atoms. The summed E-state index contributed by atoms with van der Waals surface area (Å²) >= 11 is 0. The van der Waals surface area contributed by atoms with E-state index in [1.165, 1.54) is 0 Å². The van der Waals surface area contributed by atoms with Crippen LogP contribution in [0.5, 0.6) is 5.75 Å². The average molecular weight is 280 g/mol. The van der Waals surface area contributed by atoms with Crippen LogP contribution < -0.4 is 15.0 Å². The molecule has 0 aromatic heterocycles. The Morgan fingerprint density at radius 3 is 2.70 bits per heavy atom. The van der Waals surface area contributed by atoms with E-state index in [1.54, 1.807) is 11.9 Å². The fourth-order valence-electron chi connectivity index (χ4n) is 1.89. The third kappa shape index (κ3) is 5.09. The molecule has 0 radical (unpaired) electrons. The first-order valence-electron chi connectivity index (χ1n) is 6.87. The minimum atomic E-state index is -0.861. The van der Waals surface area contributed by atoms with Gasteiger partial charge in [-0.05, 0) is 38.1 Å². The molecule has 1 aromatic carbocycles. The van der Waals surface area contributed by atoms with E-state index < -0.39 is 5.97 Å². The van der Waals surface area contributed by atoms with Gasteiger partial charge in [0.05, 0.1) is 11.8 Å². The molecule has 5 nitrogen and oxygen atoms in total. The molecule has 0 fully saturated rings. The van der Waals surface area contributed by atoms with E-state index in [4.69, 9.17) is 9.84 Å². The highest BCUT2D eigenvalue weighted by Crippen LogP contribution is 2.29. The van der Waals surface area contributed by atoms with E-state index in [0.717, 1.165) is 30.1 Å². The molecule has 112 valence electrons. The quantitative estimate of drug-likeness (QED) is 0.763. The summed E-state index contributed by atoms with van der Waals surface area (Å²) in [7, 11) is 1.75. The highest BCUT2D eigenvalue weighted by molar-refractivity contribution is 5.75. The molecule has 0 saturated heterocycles. The van der Waals surface area contributed by atoms with E-state index >= 15 is 0 Å². The Morgan fingerprint density at radius 1 is 1.45 bits per heavy atom. The molecule has 0 unspecified atom stereocenters. The first-order valence-corrected chi connectivity index (χ1v) is 6.87. The number of carbonyl (C=O) groups is 1. The van der Waals surface area contributed by atoms with Gasteiger partial charge < -0.3 is 20.1 Å². The fourth-order valence-corrected chi connectivity index (χ4v) is 1.89. The van der Waals surface area contributed by atoms with Crippen molar-refractivity contribution in [1.82, 2.24) is 5.32 Å². The van der Waals surface area contributed by atoms with Crippen LogP contribution in [-0.4, -0.2) is 37.3 Å². The molecule has 0 saturated carbocycles. The van der Waals surface area contributed by atoms with Gasteiger partial charge in [-0.3, -0.25) is 4.79 Å². The molecule has 2 N–H and O–H groups in total. The lowest BCUT2D eigenvalue weighted by atomic mass is 10.1. The molecule has 0 atom stereocenters. The molecule has 0 amide bonds. The van der Waals surface area contributed by atoms with Crippen molar-refractivity contribution in [1.29, 1.82) is 0 Å². The van der Waals surface area contributed by atoms with E-state index in [-0.39, 0.29) is 12.6 Å². The van der Waals surface area contributed by atoms with Crippen molar-refractivity contribution in [3.05, 3.63) is 23.8 Å². The predicted octanol–water partition coefficient (Wildman–Crippen LogP) is 2.10. The normalized spacial score (nSPS) is 10.7. The van der Waals surface area contributed by atoms with Crippen LogP contribution in [0.1, 0.15) is 26.3 Å². The number of likely N-dealkylation sites (N-methyl/N-ethyl adjacent to an activating group) is 1. The number of aliphatic carboxylic acids is 1. The van der Waals surface area contributed by atoms with Gasteiger partial charge in [0.2, 0.25) is 0 Å². The molecule has 5 heteroatoms. The predicted molar refractivity (Wildman–Crippen MR) is 80.5 cm³/mol. The van der Waals surface area contributed by atoms with Crippen LogP contribution in [0.25, 0.3) is 0 Å². The highest BCUT2D eigenvalue weighted by atomic mass is 16.5. The van der Waals surface area contributed by atoms with Gasteiger partial charge in [-0.15, -0.1) is 0 Å². The van der Waals surface area contributed by atoms with E-state index in [2.05, 4.69) is 12.2 Å². The lowest BCUT2D eigenvalue weighted by Crippen LogP contribution is -2.26. The van der Waals surface area contributed by atoms with Crippen molar-refractivity contribution >= 4 is 11.7 Å². The van der Waals surface area contributed by atoms with Gasteiger partial charge >= 0.3 is 5.97 Å². The van der Waals surface area contributed by atoms with Gasteiger partial charge in [-0.2, -0.15) is 0 Å². The summed E-state index contributed by atoms with van der Waals surface area (Å²) in [5.74, 6) is -0.140. The zero-order chi connectivity index (χ0) is 15.1. The van der Waals surface area contributed by atoms with E-state index in [0.29, 0.717) is 0 Å². The Labute approximate surface area is 120 Å². The van der Waals surface area contributed by atoms with Crippen molar-refractivity contribution in [2.24, 2.45) is 0 Å². The maximum Gasteiger partial charge on any atom is 0.323 e. The van der Waals surface area contributed by atoms with E-state index in [9.17, 15) is 4.79 Å². The Morgan fingerprint density at radius 2 is 2.15 bits per heavy atom. The SMILES string of the molecule is CCNCc1ccc(N(C)CC(=O)O)c(OC(C)C)c1. The molecule has 0 aliphatic carbocycles. The summed E-state index contributed by atoms with van der Waals surface area (Å²) < 4.78 is 5.81. The number of nitrogens with zero attached hydrogens (tertiary/aromatic N) is 1. The maximum atomic E-state index is 10.8. The number of carboxylic acids is 1. The van der Waals surface area contributed by atoms with Crippen LogP contribution in [0.2, 0.25) is 0 Å². The third-order valence-corrected chi connectivity index (χ3v) is 2.75. The van der Waals surface area contributed by atoms with Gasteiger partial charge in [0.25, 0.3) is 0 Å². The molecule has 0 heterocycles. The highest BCUT2D eigenvalue weighted by Gasteiger charge is 2.13. The van der Waals surface area contributed by atoms with Crippen molar-refractivity contribution in [3.63, 3.8) is 0 Å². The van der Waals surface area contributed by atoms with Crippen molar-refractivity contribution < 1.29 is 14.6 Å². The number of rotatable bonds is 8. The van der Waals surface area contributed by atoms with Gasteiger partial charge in [-0.25, -0.2) is 0 Å². The first-order chi connectivity index (χ1) is 9.43. The summed E-state index contributed by atoms with van der Waals surface area (Å²) in [6.07, 6.45) is 0.0429. The van der Waals surface area contributed by atoms with Crippen molar-refractivity contribution in [2.75, 3.05) is 25.0 Å². The van der Waals surface area contributed by atoms with Crippen LogP contribution in [0, 0.1) is 0 Å². The second kappa shape index (κ2) is 7.75. The third-order valence-electron chi connectivity index (χ3n) is 2.75. The lowest BCUT2D eigenvalue weighted by molar-refractivity contribution is -0.135. The van der Waals surface area contributed by atoms with Crippen LogP contribution in [-0.2, 0) is 11.3 Å². The topological polar surface area (TPSA) is 61.8 Å². The number of anilines is 1. The smallest absolute Gasteiger partial charge is 0.323 e. The standard InChI is InChI=1S/C15H24N2O3/c1-5-16-9-12-6-7-13(17(4)10-15(18)19)14(8-12)20-11(2)3/h6-8,11,16H,5,9-10H2,1-4H3,(H,18,19). The largest absolute Gasteiger partial charge is 0.489 e. The Kier molecular flexibility index (Phi) is 6.31. The van der Waals surface area contributed by atoms with Crippen molar-refractivity contribution in [3.8, 4) is 5.75 Å². The van der Waals surface area contributed by atoms with Crippen molar-refractivity contribution in [2.45, 2.75) is 33.4 Å². The minimum Gasteiger partial charge on any atom is -0.489 e. The van der Waals surface area contributed by atoms with Gasteiger partial charge in [0.15, 0.2) is 0 Å². The monoisotopic (exact) mass is 280 g/mol. The van der Waals surface area contributed by atoms with Gasteiger partial charge in [0.1, 0.15) is 12.3 Å². The number of hydrogen-bond acceptors (Lipinski definition) is 4. The Hall–Kier alpha value is -1.75. The maximum absolute atomic E-state index is 10.8. The van der Waals surface area contributed by atoms with Gasteiger partial charge in [-0.1, -0.05) is 13.0 Å². The molecule has 0 bridgehead atoms. The Bertz CT molecular complexity index is 447. The minimum absolute atomic E-state index is 0.0429. The number of ether oxygens (including phenoxy) is 1. The summed E-state index contributed by atoms with van der Waals surface area (Å²) in [4.78, 5) is 12.5.